The number of anilines is 1. The standard InChI is InChI=1S/C24H25ClF2N3O8P/c1-13-3-7-15(8-4-13)37-39(34,38-16-9-5-14(2)6-10-16)35-12-24(22(26)27)19(32)18(31)21(36-24)30-11-17(25)20(28)29-23(30)33/h3-11,18-19,21-22,31-32H,12H2,1-2H3,(H2,28,29,33)/t18-,19-,21-,24-/m1/s1. The van der Waals surface area contributed by atoms with E-state index in [1.807, 2.05) is 13.8 Å². The first kappa shape index (κ1) is 28.9. The summed E-state index contributed by atoms with van der Waals surface area (Å²) in [5.74, 6) is -0.249. The van der Waals surface area contributed by atoms with Gasteiger partial charge in [0, 0.05) is 6.20 Å². The van der Waals surface area contributed by atoms with Gasteiger partial charge >= 0.3 is 13.5 Å². The van der Waals surface area contributed by atoms with Gasteiger partial charge < -0.3 is 29.7 Å². The zero-order chi connectivity index (χ0) is 28.5. The van der Waals surface area contributed by atoms with Gasteiger partial charge in [0.25, 0.3) is 6.43 Å². The van der Waals surface area contributed by atoms with Crippen LogP contribution in [0.3, 0.4) is 0 Å². The van der Waals surface area contributed by atoms with Crippen molar-refractivity contribution in [2.75, 3.05) is 12.3 Å². The fraction of sp³-hybridized carbons (Fsp3) is 0.333. The van der Waals surface area contributed by atoms with Crippen molar-refractivity contribution in [3.8, 4) is 11.5 Å². The van der Waals surface area contributed by atoms with Crippen LogP contribution in [0.2, 0.25) is 5.02 Å². The van der Waals surface area contributed by atoms with Gasteiger partial charge in [-0.1, -0.05) is 47.0 Å². The molecule has 2 aromatic carbocycles. The lowest BCUT2D eigenvalue weighted by molar-refractivity contribution is -0.193. The van der Waals surface area contributed by atoms with Crippen molar-refractivity contribution in [2.24, 2.45) is 0 Å². The van der Waals surface area contributed by atoms with Gasteiger partial charge in [-0.3, -0.25) is 9.09 Å². The second-order valence-electron chi connectivity index (χ2n) is 8.89. The topological polar surface area (TPSA) is 155 Å². The molecule has 1 saturated heterocycles. The number of hydrogen-bond donors (Lipinski definition) is 3. The third-order valence-corrected chi connectivity index (χ3v) is 7.56. The van der Waals surface area contributed by atoms with Crippen molar-refractivity contribution >= 4 is 25.2 Å². The van der Waals surface area contributed by atoms with Crippen LogP contribution in [-0.2, 0) is 13.8 Å². The van der Waals surface area contributed by atoms with E-state index in [4.69, 9.17) is 35.6 Å². The highest BCUT2D eigenvalue weighted by Gasteiger charge is 2.62. The number of aryl methyl sites for hydroxylation is 2. The monoisotopic (exact) mass is 587 g/mol. The van der Waals surface area contributed by atoms with Crippen LogP contribution in [-0.4, -0.2) is 50.6 Å². The lowest BCUT2D eigenvalue weighted by Gasteiger charge is -2.31. The summed E-state index contributed by atoms with van der Waals surface area (Å²) in [7, 11) is -4.71. The fourth-order valence-corrected chi connectivity index (χ4v) is 5.15. The number of ether oxygens (including phenoxy) is 1. The number of benzene rings is 2. The molecule has 4 atom stereocenters. The number of nitrogens with zero attached hydrogens (tertiary/aromatic N) is 2. The van der Waals surface area contributed by atoms with Crippen molar-refractivity contribution in [1.29, 1.82) is 0 Å². The molecule has 3 aromatic rings. The minimum absolute atomic E-state index is 0.0436. The number of aliphatic hydroxyl groups excluding tert-OH is 2. The summed E-state index contributed by atoms with van der Waals surface area (Å²) in [6.07, 6.45) is -8.85. The van der Waals surface area contributed by atoms with Crippen molar-refractivity contribution in [2.45, 2.75) is 44.3 Å². The average molecular weight is 588 g/mol. The largest absolute Gasteiger partial charge is 0.587 e. The van der Waals surface area contributed by atoms with Gasteiger partial charge in [-0.25, -0.2) is 18.1 Å². The van der Waals surface area contributed by atoms with Crippen molar-refractivity contribution < 1.29 is 41.9 Å². The molecule has 210 valence electrons. The Labute approximate surface area is 226 Å². The summed E-state index contributed by atoms with van der Waals surface area (Å²) in [6.45, 7) is 2.34. The third-order valence-electron chi connectivity index (χ3n) is 5.96. The normalized spacial score (nSPS) is 23.2. The summed E-state index contributed by atoms with van der Waals surface area (Å²) in [5, 5.41) is 21.0. The van der Waals surface area contributed by atoms with E-state index in [9.17, 15) is 28.4 Å². The van der Waals surface area contributed by atoms with Gasteiger partial charge in [-0.05, 0) is 38.1 Å². The minimum Gasteiger partial charge on any atom is -0.395 e. The predicted octanol–water partition coefficient (Wildman–Crippen LogP) is 3.63. The average Bonchev–Trinajstić information content (AvgIpc) is 3.14. The van der Waals surface area contributed by atoms with E-state index < -0.39 is 50.6 Å². The highest BCUT2D eigenvalue weighted by molar-refractivity contribution is 7.49. The van der Waals surface area contributed by atoms with Gasteiger partial charge in [-0.15, -0.1) is 0 Å². The molecule has 1 fully saturated rings. The molecule has 0 spiro atoms. The number of nitrogens with two attached hydrogens (primary N) is 1. The van der Waals surface area contributed by atoms with Gasteiger partial charge in [0.05, 0.1) is 11.6 Å². The van der Waals surface area contributed by atoms with E-state index in [2.05, 4.69) is 4.98 Å². The number of phosphoric acid groups is 1. The highest BCUT2D eigenvalue weighted by atomic mass is 35.5. The van der Waals surface area contributed by atoms with E-state index in [1.165, 1.54) is 24.3 Å². The summed E-state index contributed by atoms with van der Waals surface area (Å²) in [4.78, 5) is 15.8. The van der Waals surface area contributed by atoms with Crippen molar-refractivity contribution in [1.82, 2.24) is 9.55 Å². The maximum Gasteiger partial charge on any atom is 0.587 e. The van der Waals surface area contributed by atoms with Gasteiger partial charge in [0.1, 0.15) is 29.5 Å². The number of hydrogen-bond acceptors (Lipinski definition) is 10. The van der Waals surface area contributed by atoms with Crippen LogP contribution < -0.4 is 20.5 Å². The van der Waals surface area contributed by atoms with Crippen LogP contribution in [0.5, 0.6) is 11.5 Å². The number of alkyl halides is 2. The van der Waals surface area contributed by atoms with E-state index >= 15 is 0 Å². The molecule has 0 unspecified atom stereocenters. The molecule has 15 heteroatoms. The Morgan fingerprint density at radius 3 is 2.10 bits per heavy atom. The number of aliphatic hydroxyl groups is 2. The summed E-state index contributed by atoms with van der Waals surface area (Å²) < 4.78 is 64.8. The second kappa shape index (κ2) is 11.2. The molecule has 1 aromatic heterocycles. The summed E-state index contributed by atoms with van der Waals surface area (Å²) in [6, 6.07) is 12.5. The Morgan fingerprint density at radius 2 is 1.62 bits per heavy atom. The number of halogens is 3. The first-order chi connectivity index (χ1) is 18.3. The molecule has 1 aliphatic heterocycles. The van der Waals surface area contributed by atoms with E-state index in [1.54, 1.807) is 24.3 Å². The number of aromatic nitrogens is 2. The second-order valence-corrected chi connectivity index (χ2v) is 10.8. The van der Waals surface area contributed by atoms with Crippen LogP contribution >= 0.6 is 19.4 Å². The first-order valence-electron chi connectivity index (χ1n) is 11.5. The maximum absolute atomic E-state index is 14.5. The molecule has 0 aliphatic carbocycles. The molecule has 1 aliphatic rings. The van der Waals surface area contributed by atoms with E-state index in [-0.39, 0.29) is 22.3 Å². The van der Waals surface area contributed by atoms with Crippen LogP contribution in [0.25, 0.3) is 0 Å². The van der Waals surface area contributed by atoms with E-state index in [0.29, 0.717) is 4.57 Å². The van der Waals surface area contributed by atoms with Crippen molar-refractivity contribution in [3.05, 3.63) is 81.4 Å². The van der Waals surface area contributed by atoms with E-state index in [0.717, 1.165) is 17.3 Å². The van der Waals surface area contributed by atoms with Gasteiger partial charge in [-0.2, -0.15) is 4.98 Å². The Morgan fingerprint density at radius 1 is 1.10 bits per heavy atom. The number of nitrogen functional groups attached to an aromatic ring is 1. The Balaban J connectivity index is 1.65. The molecule has 2 heterocycles. The smallest absolute Gasteiger partial charge is 0.395 e. The van der Waals surface area contributed by atoms with Gasteiger partial charge in [0.15, 0.2) is 11.8 Å². The van der Waals surface area contributed by atoms with Crippen molar-refractivity contribution in [3.63, 3.8) is 0 Å². The fourth-order valence-electron chi connectivity index (χ4n) is 3.74. The molecule has 4 rings (SSSR count). The molecular weight excluding hydrogens is 563 g/mol. The zero-order valence-corrected chi connectivity index (χ0v) is 22.3. The number of rotatable bonds is 9. The summed E-state index contributed by atoms with van der Waals surface area (Å²) in [5.41, 5.74) is 3.15. The molecule has 0 radical (unpaired) electrons. The molecule has 11 nitrogen and oxygen atoms in total. The SMILES string of the molecule is Cc1ccc(OP(=O)(OC[C@@]2(C(F)F)O[C@@H](n3cc(Cl)c(N)nc3=O)[C@H](O)[C@H]2O)Oc2ccc(C)cc2)cc1. The molecule has 0 saturated carbocycles. The quantitative estimate of drug-likeness (QED) is 0.316. The zero-order valence-electron chi connectivity index (χ0n) is 20.6. The minimum atomic E-state index is -4.71. The molecule has 4 N–H and O–H groups in total. The Kier molecular flexibility index (Phi) is 8.31. The van der Waals surface area contributed by atoms with Gasteiger partial charge in [0.2, 0.25) is 0 Å². The molecule has 39 heavy (non-hydrogen) atoms. The first-order valence-corrected chi connectivity index (χ1v) is 13.3. The lowest BCUT2D eigenvalue weighted by Crippen LogP contribution is -2.52. The third kappa shape index (κ3) is 6.08. The predicted molar refractivity (Wildman–Crippen MR) is 136 cm³/mol. The highest BCUT2D eigenvalue weighted by Crippen LogP contribution is 2.52. The van der Waals surface area contributed by atoms with Crippen LogP contribution in [0.15, 0.2) is 59.5 Å². The lowest BCUT2D eigenvalue weighted by atomic mass is 9.96. The van der Waals surface area contributed by atoms with Crippen LogP contribution in [0.4, 0.5) is 14.6 Å². The Hall–Kier alpha value is -3.06. The molecule has 0 bridgehead atoms. The maximum atomic E-state index is 14.5. The Bertz CT molecular complexity index is 1370. The molecular formula is C24H25ClF2N3O8P. The molecule has 0 amide bonds. The summed E-state index contributed by atoms with van der Waals surface area (Å²) >= 11 is 5.89. The van der Waals surface area contributed by atoms with Crippen LogP contribution in [0, 0.1) is 13.8 Å². The number of phosphoric ester groups is 1. The van der Waals surface area contributed by atoms with Crippen LogP contribution in [0.1, 0.15) is 17.4 Å².